The molecule has 0 bridgehead atoms. The molecule has 2 aromatic carbocycles. The molecule has 12 heteroatoms. The zero-order valence-corrected chi connectivity index (χ0v) is 20.3. The summed E-state index contributed by atoms with van der Waals surface area (Å²) in [5, 5.41) is 12.1. The number of halogens is 4. The molecule has 5 rings (SSSR count). The molecule has 1 aliphatic rings. The van der Waals surface area contributed by atoms with Gasteiger partial charge in [0, 0.05) is 43.4 Å². The molecule has 0 atom stereocenters. The van der Waals surface area contributed by atoms with Gasteiger partial charge < -0.3 is 15.5 Å². The van der Waals surface area contributed by atoms with E-state index < -0.39 is 12.1 Å². The lowest BCUT2D eigenvalue weighted by Crippen LogP contribution is -2.37. The van der Waals surface area contributed by atoms with Gasteiger partial charge in [0.05, 0.1) is 5.39 Å². The lowest BCUT2D eigenvalue weighted by Gasteiger charge is -2.16. The van der Waals surface area contributed by atoms with Crippen molar-refractivity contribution in [3.05, 3.63) is 64.1 Å². The number of hydrogen-bond acceptors (Lipinski definition) is 6. The van der Waals surface area contributed by atoms with Crippen molar-refractivity contribution in [2.75, 3.05) is 10.6 Å². The maximum Gasteiger partial charge on any atom is 0.471 e. The first-order valence-electron chi connectivity index (χ1n) is 11.0. The molecule has 0 saturated heterocycles. The Labute approximate surface area is 209 Å². The number of aryl methyl sites for hydroxylation is 3. The molecular weight excluding hydrogens is 495 g/mol. The summed E-state index contributed by atoms with van der Waals surface area (Å²) in [5.41, 5.74) is 6.33. The first-order chi connectivity index (χ1) is 17.0. The zero-order chi connectivity index (χ0) is 25.8. The molecule has 4 aromatic rings. The third-order valence-electron chi connectivity index (χ3n) is 6.07. The van der Waals surface area contributed by atoms with Crippen LogP contribution in [0.3, 0.4) is 0 Å². The molecule has 1 amide bonds. The molecule has 8 nitrogen and oxygen atoms in total. The summed E-state index contributed by atoms with van der Waals surface area (Å²) in [7, 11) is 1.78. The SMILES string of the molecule is Cc1cc(Nc2ccc3c(c2)CN(C(=O)C(F)(F)F)C3)cc(C)c1Nc1nn(C)c2nc(Cl)ncc12. The molecule has 0 fully saturated rings. The summed E-state index contributed by atoms with van der Waals surface area (Å²) in [6, 6.07) is 9.24. The van der Waals surface area contributed by atoms with Crippen LogP contribution in [-0.4, -0.2) is 36.7 Å². The Morgan fingerprint density at radius 2 is 1.72 bits per heavy atom. The van der Waals surface area contributed by atoms with Gasteiger partial charge in [0.25, 0.3) is 0 Å². The number of carbonyl (C=O) groups excluding carboxylic acids is 1. The summed E-state index contributed by atoms with van der Waals surface area (Å²) < 4.78 is 40.0. The number of fused-ring (bicyclic) bond motifs is 2. The number of aromatic nitrogens is 4. The van der Waals surface area contributed by atoms with Gasteiger partial charge in [-0.2, -0.15) is 23.3 Å². The number of alkyl halides is 3. The molecule has 2 N–H and O–H groups in total. The quantitative estimate of drug-likeness (QED) is 0.348. The fraction of sp³-hybridized carbons (Fsp3) is 0.250. The Morgan fingerprint density at radius 1 is 1.03 bits per heavy atom. The molecule has 0 aliphatic carbocycles. The number of amides is 1. The van der Waals surface area contributed by atoms with Crippen molar-refractivity contribution in [1.82, 2.24) is 24.6 Å². The molecule has 0 saturated carbocycles. The normalized spacial score (nSPS) is 13.2. The summed E-state index contributed by atoms with van der Waals surface area (Å²) in [5.74, 6) is -1.22. The minimum Gasteiger partial charge on any atom is -0.355 e. The number of anilines is 4. The van der Waals surface area contributed by atoms with Crippen LogP contribution in [0, 0.1) is 13.8 Å². The van der Waals surface area contributed by atoms with Crippen LogP contribution in [0.25, 0.3) is 11.0 Å². The van der Waals surface area contributed by atoms with Crippen LogP contribution in [0.1, 0.15) is 22.3 Å². The Bertz CT molecular complexity index is 1490. The molecule has 36 heavy (non-hydrogen) atoms. The van der Waals surface area contributed by atoms with E-state index in [1.165, 1.54) is 0 Å². The van der Waals surface area contributed by atoms with Gasteiger partial charge in [0.1, 0.15) is 0 Å². The molecular formula is C24H21ClF3N7O. The molecule has 0 radical (unpaired) electrons. The van der Waals surface area contributed by atoms with E-state index in [4.69, 9.17) is 11.6 Å². The summed E-state index contributed by atoms with van der Waals surface area (Å²) in [6.45, 7) is 3.80. The topological polar surface area (TPSA) is 88.0 Å². The first kappa shape index (κ1) is 23.9. The van der Waals surface area contributed by atoms with Crippen LogP contribution in [0.5, 0.6) is 0 Å². The van der Waals surface area contributed by atoms with Gasteiger partial charge in [-0.1, -0.05) is 6.07 Å². The Kier molecular flexibility index (Phi) is 5.74. The molecule has 2 aromatic heterocycles. The number of hydrogen-bond donors (Lipinski definition) is 2. The number of carbonyl (C=O) groups is 1. The number of rotatable bonds is 4. The largest absolute Gasteiger partial charge is 0.471 e. The van der Waals surface area contributed by atoms with Gasteiger partial charge in [-0.25, -0.2) is 9.67 Å². The van der Waals surface area contributed by atoms with E-state index in [1.807, 2.05) is 26.0 Å². The second-order valence-electron chi connectivity index (χ2n) is 8.73. The summed E-state index contributed by atoms with van der Waals surface area (Å²) >= 11 is 5.91. The molecule has 0 spiro atoms. The highest BCUT2D eigenvalue weighted by Crippen LogP contribution is 2.33. The smallest absolute Gasteiger partial charge is 0.355 e. The van der Waals surface area contributed by atoms with Crippen molar-refractivity contribution in [3.8, 4) is 0 Å². The van der Waals surface area contributed by atoms with Crippen molar-refractivity contribution in [3.63, 3.8) is 0 Å². The highest BCUT2D eigenvalue weighted by molar-refractivity contribution is 6.28. The first-order valence-corrected chi connectivity index (χ1v) is 11.4. The van der Waals surface area contributed by atoms with Crippen molar-refractivity contribution in [2.45, 2.75) is 33.1 Å². The molecule has 0 unspecified atom stereocenters. The van der Waals surface area contributed by atoms with Gasteiger partial charge in [0.15, 0.2) is 11.5 Å². The van der Waals surface area contributed by atoms with Crippen molar-refractivity contribution < 1.29 is 18.0 Å². The van der Waals surface area contributed by atoms with Crippen molar-refractivity contribution in [2.24, 2.45) is 7.05 Å². The van der Waals surface area contributed by atoms with Crippen LogP contribution in [-0.2, 0) is 24.9 Å². The van der Waals surface area contributed by atoms with E-state index in [0.29, 0.717) is 22.6 Å². The maximum absolute atomic E-state index is 12.8. The predicted molar refractivity (Wildman–Crippen MR) is 131 cm³/mol. The van der Waals surface area contributed by atoms with E-state index >= 15 is 0 Å². The Balaban J connectivity index is 1.35. The number of nitrogens with one attached hydrogen (secondary N) is 2. The average Bonchev–Trinajstić information content (AvgIpc) is 3.35. The van der Waals surface area contributed by atoms with Gasteiger partial charge in [-0.15, -0.1) is 0 Å². The molecule has 3 heterocycles. The van der Waals surface area contributed by atoms with Gasteiger partial charge in [-0.05, 0) is 72.0 Å². The lowest BCUT2D eigenvalue weighted by atomic mass is 10.1. The minimum absolute atomic E-state index is 0.0496. The van der Waals surface area contributed by atoms with Crippen LogP contribution in [0.2, 0.25) is 5.28 Å². The van der Waals surface area contributed by atoms with E-state index in [0.717, 1.165) is 38.5 Å². The third kappa shape index (κ3) is 4.41. The molecule has 186 valence electrons. The van der Waals surface area contributed by atoms with Crippen LogP contribution < -0.4 is 10.6 Å². The third-order valence-corrected chi connectivity index (χ3v) is 6.26. The van der Waals surface area contributed by atoms with E-state index in [1.54, 1.807) is 36.1 Å². The van der Waals surface area contributed by atoms with E-state index in [-0.39, 0.29) is 18.4 Å². The number of benzene rings is 2. The zero-order valence-electron chi connectivity index (χ0n) is 19.5. The van der Waals surface area contributed by atoms with Crippen LogP contribution in [0.15, 0.2) is 36.5 Å². The molecule has 1 aliphatic heterocycles. The van der Waals surface area contributed by atoms with Crippen molar-refractivity contribution in [1.29, 1.82) is 0 Å². The standard InChI is InChI=1S/C24H21ClF3N7O/c1-12-6-17(30-16-5-4-14-10-35(11-15(14)8-16)22(36)24(26,27)28)7-13(2)19(12)31-20-18-9-29-23(25)32-21(18)34(3)33-20/h4-9,30H,10-11H2,1-3H3,(H,31,33). The Hall–Kier alpha value is -3.86. The van der Waals surface area contributed by atoms with Gasteiger partial charge in [-0.3, -0.25) is 4.79 Å². The average molecular weight is 516 g/mol. The Morgan fingerprint density at radius 3 is 2.42 bits per heavy atom. The summed E-state index contributed by atoms with van der Waals surface area (Å²) in [6.07, 6.45) is -3.26. The van der Waals surface area contributed by atoms with Gasteiger partial charge in [0.2, 0.25) is 5.28 Å². The maximum atomic E-state index is 12.8. The fourth-order valence-electron chi connectivity index (χ4n) is 4.42. The second-order valence-corrected chi connectivity index (χ2v) is 9.06. The number of nitrogens with zero attached hydrogens (tertiary/aromatic N) is 5. The van der Waals surface area contributed by atoms with Gasteiger partial charge >= 0.3 is 12.1 Å². The fourth-order valence-corrected chi connectivity index (χ4v) is 4.55. The highest BCUT2D eigenvalue weighted by Gasteiger charge is 2.44. The predicted octanol–water partition coefficient (Wildman–Crippen LogP) is 5.53. The van der Waals surface area contributed by atoms with Crippen LogP contribution in [0.4, 0.5) is 36.1 Å². The van der Waals surface area contributed by atoms with Crippen molar-refractivity contribution >= 4 is 51.4 Å². The van der Waals surface area contributed by atoms with E-state index in [9.17, 15) is 18.0 Å². The second kappa shape index (κ2) is 8.66. The monoisotopic (exact) mass is 515 g/mol. The minimum atomic E-state index is -4.88. The van der Waals surface area contributed by atoms with E-state index in [2.05, 4.69) is 25.7 Å². The van der Waals surface area contributed by atoms with Crippen LogP contribution >= 0.6 is 11.6 Å². The lowest BCUT2D eigenvalue weighted by molar-refractivity contribution is -0.186. The summed E-state index contributed by atoms with van der Waals surface area (Å²) in [4.78, 5) is 20.7. The highest BCUT2D eigenvalue weighted by atomic mass is 35.5.